The molecule has 0 unspecified atom stereocenters. The topological polar surface area (TPSA) is 83.6 Å². The SMILES string of the molecule is COCCN(Cc1nc(C(=O)NC2CCCCC2)cs1)C(=O)Nc1ccc(C(C)C)cc1. The predicted molar refractivity (Wildman–Crippen MR) is 128 cm³/mol. The first-order valence-corrected chi connectivity index (χ1v) is 12.2. The third-order valence-electron chi connectivity index (χ3n) is 5.73. The minimum atomic E-state index is -0.220. The molecule has 8 heteroatoms. The van der Waals surface area contributed by atoms with Crippen LogP contribution in [0.1, 0.15) is 72.9 Å². The van der Waals surface area contributed by atoms with Gasteiger partial charge >= 0.3 is 6.03 Å². The highest BCUT2D eigenvalue weighted by atomic mass is 32.1. The number of nitrogens with zero attached hydrogens (tertiary/aromatic N) is 2. The van der Waals surface area contributed by atoms with Crippen LogP contribution in [0.4, 0.5) is 10.5 Å². The standard InChI is InChI=1S/C24H34N4O3S/c1-17(2)18-9-11-20(12-10-18)26-24(30)28(13-14-31-3)15-22-27-21(16-32-22)23(29)25-19-7-5-4-6-8-19/h9-12,16-17,19H,4-8,13-15H2,1-3H3,(H,25,29)(H,26,30). The summed E-state index contributed by atoms with van der Waals surface area (Å²) in [5, 5.41) is 8.54. The predicted octanol–water partition coefficient (Wildman–Crippen LogP) is 5.01. The molecule has 2 N–H and O–H groups in total. The molecule has 0 saturated heterocycles. The van der Waals surface area contributed by atoms with Crippen LogP contribution in [0, 0.1) is 0 Å². The number of ether oxygens (including phenoxy) is 1. The Balaban J connectivity index is 1.60. The molecule has 174 valence electrons. The van der Waals surface area contributed by atoms with Gasteiger partial charge in [0.2, 0.25) is 0 Å². The van der Waals surface area contributed by atoms with Crippen LogP contribution < -0.4 is 10.6 Å². The van der Waals surface area contributed by atoms with Gasteiger partial charge in [-0.3, -0.25) is 4.79 Å². The molecule has 2 aromatic rings. The molecule has 0 spiro atoms. The highest BCUT2D eigenvalue weighted by molar-refractivity contribution is 7.09. The van der Waals surface area contributed by atoms with E-state index in [9.17, 15) is 9.59 Å². The largest absolute Gasteiger partial charge is 0.383 e. The molecule has 1 aromatic carbocycles. The Labute approximate surface area is 194 Å². The molecule has 3 rings (SSSR count). The molecule has 0 aliphatic heterocycles. The number of hydrogen-bond acceptors (Lipinski definition) is 5. The third kappa shape index (κ3) is 7.03. The summed E-state index contributed by atoms with van der Waals surface area (Å²) in [4.78, 5) is 31.6. The van der Waals surface area contributed by atoms with Crippen LogP contribution in [-0.2, 0) is 11.3 Å². The molecule has 1 aliphatic carbocycles. The van der Waals surface area contributed by atoms with E-state index in [4.69, 9.17) is 4.74 Å². The average molecular weight is 459 g/mol. The monoisotopic (exact) mass is 458 g/mol. The summed E-state index contributed by atoms with van der Waals surface area (Å²) in [6.45, 7) is 5.44. The summed E-state index contributed by atoms with van der Waals surface area (Å²) in [6.07, 6.45) is 5.64. The van der Waals surface area contributed by atoms with E-state index in [0.29, 0.717) is 31.3 Å². The zero-order valence-electron chi connectivity index (χ0n) is 19.2. The van der Waals surface area contributed by atoms with Crippen LogP contribution in [0.3, 0.4) is 0 Å². The Morgan fingerprint density at radius 3 is 2.56 bits per heavy atom. The minimum absolute atomic E-state index is 0.127. The van der Waals surface area contributed by atoms with Gasteiger partial charge in [0.05, 0.1) is 13.2 Å². The van der Waals surface area contributed by atoms with E-state index in [-0.39, 0.29) is 18.0 Å². The number of methoxy groups -OCH3 is 1. The van der Waals surface area contributed by atoms with Gasteiger partial charge in [-0.05, 0) is 36.5 Å². The van der Waals surface area contributed by atoms with E-state index in [2.05, 4.69) is 29.5 Å². The van der Waals surface area contributed by atoms with Gasteiger partial charge in [-0.1, -0.05) is 45.2 Å². The number of benzene rings is 1. The van der Waals surface area contributed by atoms with Crippen molar-refractivity contribution < 1.29 is 14.3 Å². The Hall–Kier alpha value is -2.45. The number of urea groups is 1. The van der Waals surface area contributed by atoms with Crippen molar-refractivity contribution >= 4 is 29.0 Å². The van der Waals surface area contributed by atoms with Crippen molar-refractivity contribution in [3.8, 4) is 0 Å². The smallest absolute Gasteiger partial charge is 0.322 e. The van der Waals surface area contributed by atoms with Crippen molar-refractivity contribution in [3.63, 3.8) is 0 Å². The highest BCUT2D eigenvalue weighted by Crippen LogP contribution is 2.20. The molecule has 1 fully saturated rings. The van der Waals surface area contributed by atoms with Gasteiger partial charge in [0.25, 0.3) is 5.91 Å². The maximum atomic E-state index is 12.9. The maximum Gasteiger partial charge on any atom is 0.322 e. The number of hydrogen-bond donors (Lipinski definition) is 2. The van der Waals surface area contributed by atoms with Gasteiger partial charge in [-0.15, -0.1) is 11.3 Å². The number of aromatic nitrogens is 1. The number of nitrogens with one attached hydrogen (secondary N) is 2. The zero-order valence-corrected chi connectivity index (χ0v) is 20.0. The van der Waals surface area contributed by atoms with Crippen LogP contribution in [0.2, 0.25) is 0 Å². The first kappa shape index (κ1) is 24.2. The Morgan fingerprint density at radius 2 is 1.91 bits per heavy atom. The second-order valence-corrected chi connectivity index (χ2v) is 9.50. The van der Waals surface area contributed by atoms with Crippen molar-refractivity contribution in [3.05, 3.63) is 45.9 Å². The van der Waals surface area contributed by atoms with Crippen LogP contribution >= 0.6 is 11.3 Å². The maximum absolute atomic E-state index is 12.9. The number of carbonyl (C=O) groups excluding carboxylic acids is 2. The van der Waals surface area contributed by atoms with Crippen molar-refractivity contribution in [1.82, 2.24) is 15.2 Å². The molecule has 1 heterocycles. The normalized spacial score (nSPS) is 14.4. The number of thiazole rings is 1. The van der Waals surface area contributed by atoms with Gasteiger partial charge in [-0.25, -0.2) is 9.78 Å². The van der Waals surface area contributed by atoms with Crippen molar-refractivity contribution in [2.75, 3.05) is 25.6 Å². The zero-order chi connectivity index (χ0) is 22.9. The number of carbonyl (C=O) groups is 2. The highest BCUT2D eigenvalue weighted by Gasteiger charge is 2.20. The summed E-state index contributed by atoms with van der Waals surface area (Å²) in [5.41, 5.74) is 2.39. The van der Waals surface area contributed by atoms with E-state index in [1.54, 1.807) is 17.4 Å². The number of anilines is 1. The lowest BCUT2D eigenvalue weighted by molar-refractivity contribution is 0.0923. The lowest BCUT2D eigenvalue weighted by atomic mass is 9.95. The van der Waals surface area contributed by atoms with E-state index in [1.807, 2.05) is 24.3 Å². The molecule has 7 nitrogen and oxygen atoms in total. The molecule has 1 aliphatic rings. The first-order chi connectivity index (χ1) is 15.5. The lowest BCUT2D eigenvalue weighted by Gasteiger charge is -2.22. The van der Waals surface area contributed by atoms with Gasteiger partial charge in [0, 0.05) is 30.8 Å². The summed E-state index contributed by atoms with van der Waals surface area (Å²) in [5.74, 6) is 0.310. The molecule has 0 radical (unpaired) electrons. The molecule has 1 aromatic heterocycles. The quantitative estimate of drug-likeness (QED) is 0.553. The minimum Gasteiger partial charge on any atom is -0.383 e. The lowest BCUT2D eigenvalue weighted by Crippen LogP contribution is -2.37. The van der Waals surface area contributed by atoms with Gasteiger partial charge in [-0.2, -0.15) is 0 Å². The van der Waals surface area contributed by atoms with E-state index in [1.165, 1.54) is 23.3 Å². The molecular weight excluding hydrogens is 424 g/mol. The second-order valence-electron chi connectivity index (χ2n) is 8.56. The number of rotatable bonds is 9. The molecule has 32 heavy (non-hydrogen) atoms. The Morgan fingerprint density at radius 1 is 1.19 bits per heavy atom. The summed E-state index contributed by atoms with van der Waals surface area (Å²) >= 11 is 1.40. The molecule has 1 saturated carbocycles. The molecule has 0 atom stereocenters. The Kier molecular flexibility index (Phi) is 9.05. The van der Waals surface area contributed by atoms with E-state index in [0.717, 1.165) is 36.4 Å². The van der Waals surface area contributed by atoms with Crippen LogP contribution in [-0.4, -0.2) is 48.1 Å². The summed E-state index contributed by atoms with van der Waals surface area (Å²) in [7, 11) is 1.61. The summed E-state index contributed by atoms with van der Waals surface area (Å²) < 4.78 is 5.18. The molecule has 3 amide bonds. The molecular formula is C24H34N4O3S. The van der Waals surface area contributed by atoms with Gasteiger partial charge in [0.15, 0.2) is 0 Å². The van der Waals surface area contributed by atoms with Crippen molar-refractivity contribution in [1.29, 1.82) is 0 Å². The second kappa shape index (κ2) is 12.0. The van der Waals surface area contributed by atoms with Crippen LogP contribution in [0.5, 0.6) is 0 Å². The number of amides is 3. The van der Waals surface area contributed by atoms with Crippen molar-refractivity contribution in [2.45, 2.75) is 64.5 Å². The van der Waals surface area contributed by atoms with Crippen molar-refractivity contribution in [2.24, 2.45) is 0 Å². The van der Waals surface area contributed by atoms with Crippen LogP contribution in [0.15, 0.2) is 29.6 Å². The molecule has 0 bridgehead atoms. The fourth-order valence-corrected chi connectivity index (χ4v) is 4.55. The summed E-state index contributed by atoms with van der Waals surface area (Å²) in [6, 6.07) is 7.91. The average Bonchev–Trinajstić information content (AvgIpc) is 3.26. The Bertz CT molecular complexity index is 876. The fraction of sp³-hybridized carbons (Fsp3) is 0.542. The third-order valence-corrected chi connectivity index (χ3v) is 6.57. The van der Waals surface area contributed by atoms with Gasteiger partial charge in [0.1, 0.15) is 10.7 Å². The van der Waals surface area contributed by atoms with Gasteiger partial charge < -0.3 is 20.3 Å². The fourth-order valence-electron chi connectivity index (χ4n) is 3.77. The van der Waals surface area contributed by atoms with E-state index < -0.39 is 0 Å². The van der Waals surface area contributed by atoms with Crippen LogP contribution in [0.25, 0.3) is 0 Å². The van der Waals surface area contributed by atoms with E-state index >= 15 is 0 Å². The first-order valence-electron chi connectivity index (χ1n) is 11.4.